The van der Waals surface area contributed by atoms with Crippen LogP contribution in [0.4, 0.5) is 0 Å². The van der Waals surface area contributed by atoms with Crippen LogP contribution in [-0.4, -0.2) is 0 Å². The van der Waals surface area contributed by atoms with Crippen LogP contribution in [0.5, 0.6) is 0 Å². The Bertz CT molecular complexity index is 838. The van der Waals surface area contributed by atoms with Gasteiger partial charge in [0.1, 0.15) is 0 Å². The van der Waals surface area contributed by atoms with Gasteiger partial charge in [-0.05, 0) is 102 Å². The molecule has 0 radical (unpaired) electrons. The smallest absolute Gasteiger partial charge is 0.0412 e. The van der Waals surface area contributed by atoms with Gasteiger partial charge in [0.15, 0.2) is 0 Å². The second-order valence-corrected chi connectivity index (χ2v) is 9.43. The van der Waals surface area contributed by atoms with Crippen molar-refractivity contribution in [1.82, 2.24) is 0 Å². The summed E-state index contributed by atoms with van der Waals surface area (Å²) in [6.07, 6.45) is 7.10. The highest BCUT2D eigenvalue weighted by Gasteiger charge is 2.61. The molecule has 1 spiro atoms. The molecule has 4 fully saturated rings. The molecule has 122 valence electrons. The van der Waals surface area contributed by atoms with Gasteiger partial charge in [0.25, 0.3) is 0 Å². The van der Waals surface area contributed by atoms with E-state index in [1.54, 1.807) is 0 Å². The summed E-state index contributed by atoms with van der Waals surface area (Å²) in [6.45, 7) is 0. The fraction of sp³-hybridized carbons (Fsp3) is 0.455. The van der Waals surface area contributed by atoms with Crippen molar-refractivity contribution in [2.24, 2.45) is 23.7 Å². The average molecular weight is 355 g/mol. The normalized spacial score (nSPS) is 37.8. The van der Waals surface area contributed by atoms with E-state index >= 15 is 0 Å². The standard InChI is InChI=1S/C22H20Cl2/c23-16-2-4-20-19(10-16)18-3-1-17(24)11-21(18)22(20)14-6-12-5-13(8-14)9-15(22)7-12/h1-4,10-15H,5-9H2. The molecule has 7 rings (SSSR count). The molecule has 0 saturated heterocycles. The zero-order valence-corrected chi connectivity index (χ0v) is 15.1. The number of hydrogen-bond donors (Lipinski definition) is 0. The van der Waals surface area contributed by atoms with Crippen LogP contribution in [0.15, 0.2) is 36.4 Å². The lowest BCUT2D eigenvalue weighted by atomic mass is 9.43. The molecule has 0 aliphatic heterocycles. The maximum Gasteiger partial charge on any atom is 0.0412 e. The number of hydrogen-bond acceptors (Lipinski definition) is 0. The van der Waals surface area contributed by atoms with Crippen molar-refractivity contribution in [1.29, 1.82) is 0 Å². The van der Waals surface area contributed by atoms with Crippen molar-refractivity contribution in [2.45, 2.75) is 37.5 Å². The van der Waals surface area contributed by atoms with Gasteiger partial charge in [-0.25, -0.2) is 0 Å². The molecule has 0 aromatic heterocycles. The summed E-state index contributed by atoms with van der Waals surface area (Å²) in [7, 11) is 0. The molecule has 2 aromatic carbocycles. The van der Waals surface area contributed by atoms with Gasteiger partial charge in [0.2, 0.25) is 0 Å². The second kappa shape index (κ2) is 4.59. The molecule has 0 N–H and O–H groups in total. The van der Waals surface area contributed by atoms with Gasteiger partial charge in [-0.1, -0.05) is 35.3 Å². The predicted molar refractivity (Wildman–Crippen MR) is 99.7 cm³/mol. The number of halogens is 2. The molecule has 0 unspecified atom stereocenters. The van der Waals surface area contributed by atoms with E-state index in [2.05, 4.69) is 30.3 Å². The van der Waals surface area contributed by atoms with Gasteiger partial charge in [0.05, 0.1) is 0 Å². The van der Waals surface area contributed by atoms with E-state index in [-0.39, 0.29) is 5.41 Å². The summed E-state index contributed by atoms with van der Waals surface area (Å²) in [5.74, 6) is 3.51. The van der Waals surface area contributed by atoms with Gasteiger partial charge in [0, 0.05) is 15.5 Å². The average Bonchev–Trinajstić information content (AvgIpc) is 2.82. The molecule has 0 nitrogen and oxygen atoms in total. The maximum absolute atomic E-state index is 6.47. The maximum atomic E-state index is 6.47. The van der Waals surface area contributed by atoms with Crippen LogP contribution in [0.25, 0.3) is 11.1 Å². The Morgan fingerprint density at radius 2 is 1.29 bits per heavy atom. The summed E-state index contributed by atoms with van der Waals surface area (Å²) >= 11 is 12.8. The molecule has 4 saturated carbocycles. The first kappa shape index (κ1) is 14.2. The Labute approximate surface area is 153 Å². The van der Waals surface area contributed by atoms with Gasteiger partial charge < -0.3 is 0 Å². The Kier molecular flexibility index (Phi) is 2.72. The van der Waals surface area contributed by atoms with Crippen molar-refractivity contribution in [3.05, 3.63) is 57.6 Å². The first-order valence-electron chi connectivity index (χ1n) is 9.26. The predicted octanol–water partition coefficient (Wildman–Crippen LogP) is 6.72. The van der Waals surface area contributed by atoms with Gasteiger partial charge in [-0.3, -0.25) is 0 Å². The van der Waals surface area contributed by atoms with E-state index in [9.17, 15) is 0 Å². The zero-order valence-electron chi connectivity index (χ0n) is 13.6. The molecular formula is C22H20Cl2. The third-order valence-corrected chi connectivity index (χ3v) is 8.04. The third kappa shape index (κ3) is 1.58. The van der Waals surface area contributed by atoms with Crippen molar-refractivity contribution >= 4 is 23.2 Å². The van der Waals surface area contributed by atoms with Crippen molar-refractivity contribution in [2.75, 3.05) is 0 Å². The van der Waals surface area contributed by atoms with E-state index in [0.29, 0.717) is 0 Å². The van der Waals surface area contributed by atoms with Crippen molar-refractivity contribution < 1.29 is 0 Å². The SMILES string of the molecule is Clc1ccc2c(c1)-c1ccc(Cl)cc1C21C2CC3CC(C2)CC1C3. The molecule has 24 heavy (non-hydrogen) atoms. The molecular weight excluding hydrogens is 335 g/mol. The van der Waals surface area contributed by atoms with E-state index in [1.165, 1.54) is 54.4 Å². The Hall–Kier alpha value is -0.980. The van der Waals surface area contributed by atoms with Crippen LogP contribution in [-0.2, 0) is 5.41 Å². The largest absolute Gasteiger partial charge is 0.0843 e. The molecule has 5 aliphatic rings. The number of rotatable bonds is 0. The van der Waals surface area contributed by atoms with Crippen LogP contribution in [0.3, 0.4) is 0 Å². The summed E-state index contributed by atoms with van der Waals surface area (Å²) < 4.78 is 0. The van der Waals surface area contributed by atoms with Crippen LogP contribution in [0.1, 0.15) is 43.2 Å². The lowest BCUT2D eigenvalue weighted by Gasteiger charge is -2.61. The van der Waals surface area contributed by atoms with Crippen LogP contribution in [0.2, 0.25) is 10.0 Å². The van der Waals surface area contributed by atoms with Gasteiger partial charge >= 0.3 is 0 Å². The molecule has 0 atom stereocenters. The van der Waals surface area contributed by atoms with Crippen LogP contribution < -0.4 is 0 Å². The highest BCUT2D eigenvalue weighted by atomic mass is 35.5. The van der Waals surface area contributed by atoms with E-state index < -0.39 is 0 Å². The van der Waals surface area contributed by atoms with Gasteiger partial charge in [-0.15, -0.1) is 0 Å². The fourth-order valence-corrected chi connectivity index (χ4v) is 7.49. The minimum Gasteiger partial charge on any atom is -0.0843 e. The molecule has 5 aliphatic carbocycles. The topological polar surface area (TPSA) is 0 Å². The van der Waals surface area contributed by atoms with Crippen molar-refractivity contribution in [3.63, 3.8) is 0 Å². The lowest BCUT2D eigenvalue weighted by Crippen LogP contribution is -2.55. The summed E-state index contributed by atoms with van der Waals surface area (Å²) in [5.41, 5.74) is 5.98. The molecule has 2 aromatic rings. The number of fused-ring (bicyclic) bond motifs is 3. The first-order valence-corrected chi connectivity index (χ1v) is 10.0. The molecule has 0 amide bonds. The van der Waals surface area contributed by atoms with E-state index in [1.807, 2.05) is 6.07 Å². The fourth-order valence-electron chi connectivity index (χ4n) is 7.15. The number of benzene rings is 2. The zero-order chi connectivity index (χ0) is 16.1. The minimum absolute atomic E-state index is 0.202. The van der Waals surface area contributed by atoms with Crippen LogP contribution in [0, 0.1) is 23.7 Å². The van der Waals surface area contributed by atoms with Gasteiger partial charge in [-0.2, -0.15) is 0 Å². The summed E-state index contributed by atoms with van der Waals surface area (Å²) in [4.78, 5) is 0. The summed E-state index contributed by atoms with van der Waals surface area (Å²) in [5, 5.41) is 1.72. The molecule has 4 bridgehead atoms. The Morgan fingerprint density at radius 1 is 0.667 bits per heavy atom. The summed E-state index contributed by atoms with van der Waals surface area (Å²) in [6, 6.07) is 13.2. The monoisotopic (exact) mass is 354 g/mol. The minimum atomic E-state index is 0.202. The Balaban J connectivity index is 1.69. The van der Waals surface area contributed by atoms with E-state index in [0.717, 1.165) is 33.7 Å². The molecule has 2 heteroatoms. The van der Waals surface area contributed by atoms with Crippen molar-refractivity contribution in [3.8, 4) is 11.1 Å². The first-order chi connectivity index (χ1) is 11.7. The third-order valence-electron chi connectivity index (χ3n) is 7.57. The Morgan fingerprint density at radius 3 is 2.00 bits per heavy atom. The quantitative estimate of drug-likeness (QED) is 0.492. The lowest BCUT2D eigenvalue weighted by molar-refractivity contribution is -0.0399. The second-order valence-electron chi connectivity index (χ2n) is 8.55. The van der Waals surface area contributed by atoms with Crippen LogP contribution >= 0.6 is 23.2 Å². The van der Waals surface area contributed by atoms with E-state index in [4.69, 9.17) is 23.2 Å². The highest BCUT2D eigenvalue weighted by Crippen LogP contribution is 2.69. The highest BCUT2D eigenvalue weighted by molar-refractivity contribution is 6.31. The molecule has 0 heterocycles.